The van der Waals surface area contributed by atoms with Crippen molar-refractivity contribution in [3.8, 4) is 11.9 Å². The first-order valence-corrected chi connectivity index (χ1v) is 14.5. The van der Waals surface area contributed by atoms with E-state index in [-0.39, 0.29) is 17.0 Å². The van der Waals surface area contributed by atoms with Crippen molar-refractivity contribution in [2.45, 2.75) is 49.3 Å². The fourth-order valence-electron chi connectivity index (χ4n) is 4.99. The third-order valence-corrected chi connectivity index (χ3v) is 8.68. The molecule has 9 nitrogen and oxygen atoms in total. The van der Waals surface area contributed by atoms with E-state index in [9.17, 15) is 8.42 Å². The van der Waals surface area contributed by atoms with E-state index in [1.54, 1.807) is 24.5 Å². The zero-order valence-electron chi connectivity index (χ0n) is 21.2. The standard InChI is InChI=1S/C28H32N6O3S/c29-19-22-1-3-25(4-2-22)34-17-11-26(12-18-34)37-28-6-5-27(20-31-28)38(35,36)32-24-9-15-33(16-10-24)21-23-7-13-30-14-8-23/h1-8,13-14,20,24,26,32H,9-12,15-18,21H2. The topological polar surface area (TPSA) is 111 Å². The molecule has 1 aromatic carbocycles. The molecule has 3 aromatic rings. The number of pyridine rings is 2. The largest absolute Gasteiger partial charge is 0.474 e. The molecule has 0 spiro atoms. The zero-order chi connectivity index (χ0) is 26.4. The Kier molecular flexibility index (Phi) is 8.17. The Morgan fingerprint density at radius 2 is 1.66 bits per heavy atom. The molecule has 2 fully saturated rings. The summed E-state index contributed by atoms with van der Waals surface area (Å²) in [5.41, 5.74) is 2.97. The van der Waals surface area contributed by atoms with Crippen molar-refractivity contribution >= 4 is 15.7 Å². The normalized spacial score (nSPS) is 17.7. The van der Waals surface area contributed by atoms with E-state index < -0.39 is 10.0 Å². The number of likely N-dealkylation sites (tertiary alicyclic amines) is 1. The van der Waals surface area contributed by atoms with E-state index >= 15 is 0 Å². The predicted molar refractivity (Wildman–Crippen MR) is 144 cm³/mol. The average Bonchev–Trinajstić information content (AvgIpc) is 2.95. The van der Waals surface area contributed by atoms with Crippen LogP contribution >= 0.6 is 0 Å². The molecule has 4 heterocycles. The van der Waals surface area contributed by atoms with Crippen LogP contribution in [0, 0.1) is 11.3 Å². The van der Waals surface area contributed by atoms with Gasteiger partial charge in [0.15, 0.2) is 0 Å². The third kappa shape index (κ3) is 6.67. The molecule has 0 saturated carbocycles. The molecule has 10 heteroatoms. The molecule has 38 heavy (non-hydrogen) atoms. The lowest BCUT2D eigenvalue weighted by Crippen LogP contribution is -2.44. The van der Waals surface area contributed by atoms with Crippen LogP contribution in [0.25, 0.3) is 0 Å². The van der Waals surface area contributed by atoms with Crippen molar-refractivity contribution in [3.05, 3.63) is 78.2 Å². The van der Waals surface area contributed by atoms with Crippen LogP contribution in [0.4, 0.5) is 5.69 Å². The van der Waals surface area contributed by atoms with Gasteiger partial charge in [-0.15, -0.1) is 0 Å². The maximum absolute atomic E-state index is 12.9. The van der Waals surface area contributed by atoms with Crippen LogP contribution in [0.15, 0.2) is 72.0 Å². The van der Waals surface area contributed by atoms with Gasteiger partial charge in [-0.2, -0.15) is 5.26 Å². The predicted octanol–water partition coefficient (Wildman–Crippen LogP) is 3.34. The van der Waals surface area contributed by atoms with Crippen LogP contribution < -0.4 is 14.4 Å². The van der Waals surface area contributed by atoms with Gasteiger partial charge < -0.3 is 9.64 Å². The summed E-state index contributed by atoms with van der Waals surface area (Å²) in [5, 5.41) is 8.97. The summed E-state index contributed by atoms with van der Waals surface area (Å²) < 4.78 is 34.8. The SMILES string of the molecule is N#Cc1ccc(N2CCC(Oc3ccc(S(=O)(=O)NC4CCN(Cc5ccncc5)CC4)cn3)CC2)cc1. The van der Waals surface area contributed by atoms with Crippen molar-refractivity contribution in [3.63, 3.8) is 0 Å². The molecule has 0 bridgehead atoms. The number of benzene rings is 1. The van der Waals surface area contributed by atoms with Gasteiger partial charge in [-0.25, -0.2) is 18.1 Å². The van der Waals surface area contributed by atoms with Crippen molar-refractivity contribution < 1.29 is 13.2 Å². The second-order valence-electron chi connectivity index (χ2n) is 9.82. The second kappa shape index (κ2) is 11.9. The van der Waals surface area contributed by atoms with E-state index in [1.807, 2.05) is 36.4 Å². The van der Waals surface area contributed by atoms with Crippen LogP contribution in [0.1, 0.15) is 36.8 Å². The average molecular weight is 533 g/mol. The fraction of sp³-hybridized carbons (Fsp3) is 0.393. The van der Waals surface area contributed by atoms with Gasteiger partial charge in [-0.05, 0) is 60.9 Å². The molecule has 5 rings (SSSR count). The molecule has 2 aliphatic rings. The number of nitrogens with one attached hydrogen (secondary N) is 1. The minimum Gasteiger partial charge on any atom is -0.474 e. The molecule has 0 atom stereocenters. The lowest BCUT2D eigenvalue weighted by molar-refractivity contribution is 0.164. The monoisotopic (exact) mass is 532 g/mol. The fourth-order valence-corrected chi connectivity index (χ4v) is 6.24. The second-order valence-corrected chi connectivity index (χ2v) is 11.5. The van der Waals surface area contributed by atoms with E-state index in [4.69, 9.17) is 10.00 Å². The van der Waals surface area contributed by atoms with E-state index in [0.717, 1.165) is 64.1 Å². The molecule has 2 aromatic heterocycles. The number of nitrogens with zero attached hydrogens (tertiary/aromatic N) is 5. The van der Waals surface area contributed by atoms with Crippen LogP contribution in [0.2, 0.25) is 0 Å². The molecule has 2 aliphatic heterocycles. The van der Waals surface area contributed by atoms with Gasteiger partial charge in [0.05, 0.1) is 17.8 Å². The lowest BCUT2D eigenvalue weighted by atomic mass is 10.1. The maximum atomic E-state index is 12.9. The Hall–Kier alpha value is -3.52. The lowest BCUT2D eigenvalue weighted by Gasteiger charge is -2.33. The number of rotatable bonds is 8. The minimum atomic E-state index is -3.65. The highest BCUT2D eigenvalue weighted by Crippen LogP contribution is 2.24. The Balaban J connectivity index is 1.08. The van der Waals surface area contributed by atoms with E-state index in [0.29, 0.717) is 11.4 Å². The van der Waals surface area contributed by atoms with Gasteiger partial charge in [0.2, 0.25) is 15.9 Å². The van der Waals surface area contributed by atoms with E-state index in [1.165, 1.54) is 11.8 Å². The van der Waals surface area contributed by atoms with Crippen molar-refractivity contribution in [1.29, 1.82) is 5.26 Å². The number of anilines is 1. The van der Waals surface area contributed by atoms with Gasteiger partial charge >= 0.3 is 0 Å². The number of ether oxygens (including phenoxy) is 1. The van der Waals surface area contributed by atoms with Crippen LogP contribution in [-0.4, -0.2) is 61.6 Å². The summed E-state index contributed by atoms with van der Waals surface area (Å²) in [6, 6.07) is 16.9. The van der Waals surface area contributed by atoms with Gasteiger partial charge in [0.25, 0.3) is 0 Å². The summed E-state index contributed by atoms with van der Waals surface area (Å²) >= 11 is 0. The van der Waals surface area contributed by atoms with Crippen molar-refractivity contribution in [2.24, 2.45) is 0 Å². The Bertz CT molecular complexity index is 1330. The molecule has 0 aliphatic carbocycles. The van der Waals surface area contributed by atoms with Gasteiger partial charge in [0.1, 0.15) is 11.0 Å². The Morgan fingerprint density at radius 1 is 0.947 bits per heavy atom. The molecular weight excluding hydrogens is 500 g/mol. The first-order chi connectivity index (χ1) is 18.5. The quantitative estimate of drug-likeness (QED) is 0.470. The van der Waals surface area contributed by atoms with E-state index in [2.05, 4.69) is 30.6 Å². The van der Waals surface area contributed by atoms with Gasteiger partial charge in [0, 0.05) is 75.8 Å². The van der Waals surface area contributed by atoms with Gasteiger partial charge in [-0.1, -0.05) is 0 Å². The summed E-state index contributed by atoms with van der Waals surface area (Å²) in [4.78, 5) is 13.1. The zero-order valence-corrected chi connectivity index (χ0v) is 22.1. The first kappa shape index (κ1) is 26.1. The highest BCUT2D eigenvalue weighted by molar-refractivity contribution is 7.89. The third-order valence-electron chi connectivity index (χ3n) is 7.18. The Morgan fingerprint density at radius 3 is 2.29 bits per heavy atom. The summed E-state index contributed by atoms with van der Waals surface area (Å²) in [5.74, 6) is 0.435. The maximum Gasteiger partial charge on any atom is 0.242 e. The van der Waals surface area contributed by atoms with Crippen LogP contribution in [0.3, 0.4) is 0 Å². The Labute approximate surface area is 224 Å². The molecular formula is C28H32N6O3S. The number of sulfonamides is 1. The molecule has 1 N–H and O–H groups in total. The highest BCUT2D eigenvalue weighted by atomic mass is 32.2. The molecule has 198 valence electrons. The van der Waals surface area contributed by atoms with Crippen LogP contribution in [-0.2, 0) is 16.6 Å². The summed E-state index contributed by atoms with van der Waals surface area (Å²) in [6.07, 6.45) is 8.19. The number of hydrogen-bond acceptors (Lipinski definition) is 8. The summed E-state index contributed by atoms with van der Waals surface area (Å²) in [7, 11) is -3.65. The van der Waals surface area contributed by atoms with Crippen LogP contribution in [0.5, 0.6) is 5.88 Å². The smallest absolute Gasteiger partial charge is 0.242 e. The summed E-state index contributed by atoms with van der Waals surface area (Å²) in [6.45, 7) is 4.21. The van der Waals surface area contributed by atoms with Gasteiger partial charge in [-0.3, -0.25) is 9.88 Å². The first-order valence-electron chi connectivity index (χ1n) is 13.0. The number of piperidine rings is 2. The highest BCUT2D eigenvalue weighted by Gasteiger charge is 2.26. The molecule has 0 radical (unpaired) electrons. The minimum absolute atomic E-state index is 0.0232. The molecule has 0 amide bonds. The van der Waals surface area contributed by atoms with Crippen molar-refractivity contribution in [2.75, 3.05) is 31.1 Å². The number of aromatic nitrogens is 2. The number of hydrogen-bond donors (Lipinski definition) is 1. The van der Waals surface area contributed by atoms with Crippen molar-refractivity contribution in [1.82, 2.24) is 19.6 Å². The molecule has 2 saturated heterocycles. The number of nitriles is 1. The molecule has 0 unspecified atom stereocenters.